The quantitative estimate of drug-likeness (QED) is 0.297. The molecule has 0 saturated heterocycles. The van der Waals surface area contributed by atoms with Gasteiger partial charge in [0.25, 0.3) is 0 Å². The van der Waals surface area contributed by atoms with E-state index in [1.54, 1.807) is 12.1 Å². The first-order valence-corrected chi connectivity index (χ1v) is 11.8. The average Bonchev–Trinajstić information content (AvgIpc) is 2.84. The number of hydrogen-bond donors (Lipinski definition) is 3. The van der Waals surface area contributed by atoms with Crippen LogP contribution in [0.3, 0.4) is 0 Å². The predicted octanol–water partition coefficient (Wildman–Crippen LogP) is 5.51. The number of ketones is 2. The SMILES string of the molecule is Nc1c(N)c2c(c(N)c1Sc1ccccc1)C(=O)c1ccc(Sc3ccccc3)cc1C2=O. The molecule has 0 fully saturated rings. The van der Waals surface area contributed by atoms with Crippen molar-refractivity contribution in [3.05, 3.63) is 101 Å². The van der Waals surface area contributed by atoms with Gasteiger partial charge < -0.3 is 17.2 Å². The normalized spacial score (nSPS) is 12.4. The first-order valence-electron chi connectivity index (χ1n) is 10.2. The van der Waals surface area contributed by atoms with E-state index < -0.39 is 0 Å². The third kappa shape index (κ3) is 3.65. The monoisotopic (exact) mass is 469 g/mol. The van der Waals surface area contributed by atoms with Crippen LogP contribution in [0, 0.1) is 0 Å². The molecule has 4 aromatic carbocycles. The van der Waals surface area contributed by atoms with Gasteiger partial charge in [-0.15, -0.1) is 0 Å². The standard InChI is InChI=1S/C26H19N3O2S2/c27-21-19-20(22(28)26(23(21)29)33-15-9-5-2-6-10-15)24(30)17-12-11-16(13-18(17)25(19)31)32-14-7-3-1-4-8-14/h1-13H,27-29H2. The van der Waals surface area contributed by atoms with Crippen molar-refractivity contribution in [2.45, 2.75) is 19.6 Å². The second-order valence-corrected chi connectivity index (χ2v) is 9.75. The molecule has 4 aromatic rings. The fourth-order valence-electron chi connectivity index (χ4n) is 3.84. The lowest BCUT2D eigenvalue weighted by atomic mass is 9.82. The van der Waals surface area contributed by atoms with Crippen LogP contribution in [-0.2, 0) is 0 Å². The highest BCUT2D eigenvalue weighted by atomic mass is 32.2. The van der Waals surface area contributed by atoms with E-state index in [1.807, 2.05) is 66.7 Å². The number of rotatable bonds is 4. The maximum atomic E-state index is 13.5. The molecule has 1 aliphatic carbocycles. The van der Waals surface area contributed by atoms with Gasteiger partial charge in [0.05, 0.1) is 33.1 Å². The Labute approximate surface area is 199 Å². The number of fused-ring (bicyclic) bond motifs is 2. The highest BCUT2D eigenvalue weighted by molar-refractivity contribution is 7.99. The van der Waals surface area contributed by atoms with Crippen molar-refractivity contribution in [1.29, 1.82) is 0 Å². The van der Waals surface area contributed by atoms with Gasteiger partial charge in [0.2, 0.25) is 0 Å². The van der Waals surface area contributed by atoms with Crippen LogP contribution in [0.4, 0.5) is 17.1 Å². The van der Waals surface area contributed by atoms with Crippen molar-refractivity contribution in [3.63, 3.8) is 0 Å². The maximum absolute atomic E-state index is 13.5. The largest absolute Gasteiger partial charge is 0.397 e. The topological polar surface area (TPSA) is 112 Å². The lowest BCUT2D eigenvalue weighted by Gasteiger charge is -2.24. The molecule has 0 saturated carbocycles. The molecule has 33 heavy (non-hydrogen) atoms. The van der Waals surface area contributed by atoms with Crippen molar-refractivity contribution in [1.82, 2.24) is 0 Å². The van der Waals surface area contributed by atoms with Crippen molar-refractivity contribution >= 4 is 52.2 Å². The molecule has 0 heterocycles. The summed E-state index contributed by atoms with van der Waals surface area (Å²) < 4.78 is 0. The smallest absolute Gasteiger partial charge is 0.196 e. The Kier molecular flexibility index (Phi) is 5.36. The predicted molar refractivity (Wildman–Crippen MR) is 134 cm³/mol. The van der Waals surface area contributed by atoms with E-state index in [9.17, 15) is 9.59 Å². The van der Waals surface area contributed by atoms with Crippen LogP contribution < -0.4 is 17.2 Å². The van der Waals surface area contributed by atoms with Crippen LogP contribution in [0.1, 0.15) is 31.8 Å². The summed E-state index contributed by atoms with van der Waals surface area (Å²) in [5.41, 5.74) is 20.4. The van der Waals surface area contributed by atoms with E-state index in [0.29, 0.717) is 16.0 Å². The molecule has 0 radical (unpaired) electrons. The molecular formula is C26H19N3O2S2. The van der Waals surface area contributed by atoms with Crippen molar-refractivity contribution < 1.29 is 9.59 Å². The van der Waals surface area contributed by atoms with E-state index in [1.165, 1.54) is 23.5 Å². The molecule has 162 valence electrons. The zero-order chi connectivity index (χ0) is 23.1. The van der Waals surface area contributed by atoms with E-state index in [0.717, 1.165) is 14.7 Å². The lowest BCUT2D eigenvalue weighted by molar-refractivity contribution is 0.0980. The molecular weight excluding hydrogens is 450 g/mol. The Balaban J connectivity index is 1.60. The number of anilines is 3. The number of benzene rings is 4. The minimum atomic E-state index is -0.345. The molecule has 0 atom stereocenters. The van der Waals surface area contributed by atoms with Crippen LogP contribution in [0.25, 0.3) is 0 Å². The summed E-state index contributed by atoms with van der Waals surface area (Å²) in [5, 5.41) is 0. The summed E-state index contributed by atoms with van der Waals surface area (Å²) in [6.07, 6.45) is 0. The number of nitrogens with two attached hydrogens (primary N) is 3. The van der Waals surface area contributed by atoms with Gasteiger partial charge in [-0.05, 0) is 42.5 Å². The summed E-state index contributed by atoms with van der Waals surface area (Å²) in [7, 11) is 0. The molecule has 6 N–H and O–H groups in total. The third-order valence-corrected chi connectivity index (χ3v) is 7.59. The zero-order valence-corrected chi connectivity index (χ0v) is 19.0. The Hall–Kier alpha value is -3.68. The van der Waals surface area contributed by atoms with Crippen LogP contribution in [0.15, 0.2) is 98.4 Å². The van der Waals surface area contributed by atoms with Crippen LogP contribution >= 0.6 is 23.5 Å². The maximum Gasteiger partial charge on any atom is 0.196 e. The van der Waals surface area contributed by atoms with Gasteiger partial charge >= 0.3 is 0 Å². The summed E-state index contributed by atoms with van der Waals surface area (Å²) in [6, 6.07) is 24.6. The second-order valence-electron chi connectivity index (χ2n) is 7.52. The first-order chi connectivity index (χ1) is 16.0. The van der Waals surface area contributed by atoms with Crippen molar-refractivity contribution in [3.8, 4) is 0 Å². The molecule has 5 nitrogen and oxygen atoms in total. The van der Waals surface area contributed by atoms with Crippen LogP contribution in [0.5, 0.6) is 0 Å². The Morgan fingerprint density at radius 3 is 1.70 bits per heavy atom. The molecule has 0 amide bonds. The van der Waals surface area contributed by atoms with Crippen LogP contribution in [0.2, 0.25) is 0 Å². The summed E-state index contributed by atoms with van der Waals surface area (Å²) in [4.78, 5) is 30.2. The number of carbonyl (C=O) groups is 2. The Morgan fingerprint density at radius 1 is 0.515 bits per heavy atom. The molecule has 0 aromatic heterocycles. The molecule has 1 aliphatic rings. The second kappa shape index (κ2) is 8.35. The van der Waals surface area contributed by atoms with E-state index in [-0.39, 0.29) is 39.8 Å². The zero-order valence-electron chi connectivity index (χ0n) is 17.4. The first kappa shape index (κ1) is 21.2. The summed E-state index contributed by atoms with van der Waals surface area (Å²) >= 11 is 2.83. The van der Waals surface area contributed by atoms with E-state index in [4.69, 9.17) is 17.2 Å². The van der Waals surface area contributed by atoms with Gasteiger partial charge in [-0.1, -0.05) is 59.9 Å². The van der Waals surface area contributed by atoms with Crippen LogP contribution in [-0.4, -0.2) is 11.6 Å². The fourth-order valence-corrected chi connectivity index (χ4v) is 5.68. The highest BCUT2D eigenvalue weighted by Crippen LogP contribution is 2.47. The Bertz CT molecular complexity index is 1420. The van der Waals surface area contributed by atoms with Gasteiger partial charge in [0.1, 0.15) is 0 Å². The van der Waals surface area contributed by atoms with Gasteiger partial charge in [0.15, 0.2) is 11.6 Å². The number of hydrogen-bond acceptors (Lipinski definition) is 7. The molecule has 0 bridgehead atoms. The van der Waals surface area contributed by atoms with Crippen molar-refractivity contribution in [2.24, 2.45) is 0 Å². The lowest BCUT2D eigenvalue weighted by Crippen LogP contribution is -2.25. The number of nitrogen functional groups attached to an aromatic ring is 3. The molecule has 0 spiro atoms. The van der Waals surface area contributed by atoms with Crippen molar-refractivity contribution in [2.75, 3.05) is 17.2 Å². The molecule has 0 unspecified atom stereocenters. The fraction of sp³-hybridized carbons (Fsp3) is 0. The highest BCUT2D eigenvalue weighted by Gasteiger charge is 2.36. The third-order valence-electron chi connectivity index (χ3n) is 5.44. The minimum absolute atomic E-state index is 0.0850. The average molecular weight is 470 g/mol. The van der Waals surface area contributed by atoms with E-state index in [2.05, 4.69) is 0 Å². The molecule has 0 aliphatic heterocycles. The van der Waals surface area contributed by atoms with Gasteiger partial charge in [-0.3, -0.25) is 9.59 Å². The summed E-state index contributed by atoms with van der Waals surface area (Å²) in [6.45, 7) is 0. The minimum Gasteiger partial charge on any atom is -0.397 e. The Morgan fingerprint density at radius 2 is 1.06 bits per heavy atom. The van der Waals surface area contributed by atoms with Gasteiger partial charge in [-0.25, -0.2) is 0 Å². The molecule has 7 heteroatoms. The van der Waals surface area contributed by atoms with Gasteiger partial charge in [0, 0.05) is 25.8 Å². The van der Waals surface area contributed by atoms with E-state index >= 15 is 0 Å². The van der Waals surface area contributed by atoms with Gasteiger partial charge in [-0.2, -0.15) is 0 Å². The number of carbonyl (C=O) groups excluding carboxylic acids is 2. The summed E-state index contributed by atoms with van der Waals surface area (Å²) in [5.74, 6) is -0.669. The molecule has 5 rings (SSSR count).